The van der Waals surface area contributed by atoms with Gasteiger partial charge < -0.3 is 4.74 Å². The molecular formula is C13H20ClNO3S. The Labute approximate surface area is 120 Å². The molecule has 6 heteroatoms. The fourth-order valence-electron chi connectivity index (χ4n) is 1.89. The number of rotatable bonds is 6. The normalized spacial score (nSPS) is 11.6. The molecule has 0 saturated carbocycles. The average Bonchev–Trinajstić information content (AvgIpc) is 2.38. The number of sulfonamides is 1. The Bertz CT molecular complexity index is 555. The smallest absolute Gasteiger partial charge is 0.211 e. The van der Waals surface area contributed by atoms with Gasteiger partial charge >= 0.3 is 0 Å². The second-order valence-corrected chi connectivity index (χ2v) is 6.83. The van der Waals surface area contributed by atoms with E-state index in [-0.39, 0.29) is 5.75 Å². The minimum Gasteiger partial charge on any atom is -0.496 e. The molecule has 0 fully saturated rings. The minimum absolute atomic E-state index is 0.0811. The lowest BCUT2D eigenvalue weighted by Crippen LogP contribution is -2.27. The zero-order valence-corrected chi connectivity index (χ0v) is 13.3. The second-order valence-electron chi connectivity index (χ2n) is 4.36. The summed E-state index contributed by atoms with van der Waals surface area (Å²) in [5.74, 6) is 0.827. The van der Waals surface area contributed by atoms with Gasteiger partial charge in [0.15, 0.2) is 0 Å². The van der Waals surface area contributed by atoms with Crippen molar-refractivity contribution >= 4 is 21.6 Å². The number of nitrogens with one attached hydrogen (secondary N) is 1. The third kappa shape index (κ3) is 4.09. The van der Waals surface area contributed by atoms with E-state index in [4.69, 9.17) is 16.3 Å². The largest absolute Gasteiger partial charge is 0.496 e. The Morgan fingerprint density at radius 1 is 1.37 bits per heavy atom. The van der Waals surface area contributed by atoms with Crippen LogP contribution in [0, 0.1) is 13.8 Å². The first-order valence-corrected chi connectivity index (χ1v) is 8.15. The summed E-state index contributed by atoms with van der Waals surface area (Å²) in [7, 11) is -1.57. The number of halogens is 1. The molecule has 1 aromatic rings. The first-order chi connectivity index (χ1) is 8.82. The summed E-state index contributed by atoms with van der Waals surface area (Å²) >= 11 is 6.21. The molecule has 19 heavy (non-hydrogen) atoms. The predicted octanol–water partition coefficient (Wildman–Crippen LogP) is 2.45. The highest BCUT2D eigenvalue weighted by Crippen LogP contribution is 2.31. The van der Waals surface area contributed by atoms with E-state index in [1.807, 2.05) is 19.9 Å². The molecule has 0 unspecified atom stereocenters. The summed E-state index contributed by atoms with van der Waals surface area (Å²) in [5.41, 5.74) is 2.83. The molecule has 1 aromatic carbocycles. The van der Waals surface area contributed by atoms with Gasteiger partial charge in [0, 0.05) is 11.6 Å². The predicted molar refractivity (Wildman–Crippen MR) is 78.6 cm³/mol. The van der Waals surface area contributed by atoms with Gasteiger partial charge in [0.25, 0.3) is 0 Å². The molecule has 0 spiro atoms. The highest BCUT2D eigenvalue weighted by molar-refractivity contribution is 7.89. The number of benzene rings is 1. The molecule has 0 amide bonds. The van der Waals surface area contributed by atoms with Crippen LogP contribution in [0.5, 0.6) is 5.75 Å². The first-order valence-electron chi connectivity index (χ1n) is 6.12. The maximum absolute atomic E-state index is 11.4. The van der Waals surface area contributed by atoms with Crippen molar-refractivity contribution in [1.82, 2.24) is 4.72 Å². The quantitative estimate of drug-likeness (QED) is 0.878. The van der Waals surface area contributed by atoms with Gasteiger partial charge in [-0.15, -0.1) is 0 Å². The Kier molecular flexibility index (Phi) is 5.64. The van der Waals surface area contributed by atoms with Gasteiger partial charge in [-0.2, -0.15) is 0 Å². The molecule has 0 atom stereocenters. The van der Waals surface area contributed by atoms with E-state index in [0.717, 1.165) is 22.4 Å². The van der Waals surface area contributed by atoms with Crippen LogP contribution in [0.4, 0.5) is 0 Å². The molecule has 0 heterocycles. The van der Waals surface area contributed by atoms with Crippen LogP contribution < -0.4 is 9.46 Å². The molecule has 0 bridgehead atoms. The van der Waals surface area contributed by atoms with Crippen molar-refractivity contribution in [2.75, 3.05) is 19.4 Å². The third-order valence-corrected chi connectivity index (χ3v) is 5.06. The standard InChI is InChI=1S/C13H20ClNO3S/c1-5-19(16,17)15-7-6-11-10(3)13(14)9(2)8-12(11)18-4/h8,15H,5-7H2,1-4H3. The van der Waals surface area contributed by atoms with Crippen LogP contribution >= 0.6 is 11.6 Å². The summed E-state index contributed by atoms with van der Waals surface area (Å²) in [6, 6.07) is 1.87. The molecule has 0 aliphatic rings. The average molecular weight is 306 g/mol. The van der Waals surface area contributed by atoms with Crippen LogP contribution in [0.3, 0.4) is 0 Å². The highest BCUT2D eigenvalue weighted by Gasteiger charge is 2.13. The molecule has 4 nitrogen and oxygen atoms in total. The lowest BCUT2D eigenvalue weighted by Gasteiger charge is -2.15. The lowest BCUT2D eigenvalue weighted by molar-refractivity contribution is 0.408. The summed E-state index contributed by atoms with van der Waals surface area (Å²) in [6.45, 7) is 5.78. The molecule has 0 radical (unpaired) electrons. The van der Waals surface area contributed by atoms with Crippen LogP contribution in [0.25, 0.3) is 0 Å². The number of aryl methyl sites for hydroxylation is 1. The molecule has 0 aromatic heterocycles. The number of hydrogen-bond acceptors (Lipinski definition) is 3. The van der Waals surface area contributed by atoms with Crippen molar-refractivity contribution in [1.29, 1.82) is 0 Å². The van der Waals surface area contributed by atoms with Crippen LogP contribution in [0.1, 0.15) is 23.6 Å². The first kappa shape index (κ1) is 16.3. The minimum atomic E-state index is -3.16. The van der Waals surface area contributed by atoms with E-state index >= 15 is 0 Å². The Balaban J connectivity index is 2.92. The van der Waals surface area contributed by atoms with Gasteiger partial charge in [0.1, 0.15) is 5.75 Å². The molecule has 108 valence electrons. The maximum Gasteiger partial charge on any atom is 0.211 e. The van der Waals surface area contributed by atoms with E-state index in [0.29, 0.717) is 18.0 Å². The Morgan fingerprint density at radius 2 is 2.00 bits per heavy atom. The van der Waals surface area contributed by atoms with Crippen molar-refractivity contribution in [2.45, 2.75) is 27.2 Å². The van der Waals surface area contributed by atoms with E-state index < -0.39 is 10.0 Å². The van der Waals surface area contributed by atoms with Crippen molar-refractivity contribution < 1.29 is 13.2 Å². The summed E-state index contributed by atoms with van der Waals surface area (Å²) < 4.78 is 30.6. The molecule has 0 aliphatic heterocycles. The van der Waals surface area contributed by atoms with Crippen LogP contribution in [0.15, 0.2) is 6.07 Å². The summed E-state index contributed by atoms with van der Waals surface area (Å²) in [4.78, 5) is 0. The SMILES string of the molecule is CCS(=O)(=O)NCCc1c(OC)cc(C)c(Cl)c1C. The van der Waals surface area contributed by atoms with Crippen molar-refractivity contribution in [3.05, 3.63) is 27.8 Å². The van der Waals surface area contributed by atoms with E-state index in [2.05, 4.69) is 4.72 Å². The van der Waals surface area contributed by atoms with Crippen LogP contribution in [-0.2, 0) is 16.4 Å². The van der Waals surface area contributed by atoms with Gasteiger partial charge in [-0.1, -0.05) is 11.6 Å². The number of methoxy groups -OCH3 is 1. The van der Waals surface area contributed by atoms with Gasteiger partial charge in [-0.25, -0.2) is 13.1 Å². The zero-order valence-electron chi connectivity index (χ0n) is 11.7. The molecule has 1 N–H and O–H groups in total. The molecule has 1 rings (SSSR count). The van der Waals surface area contributed by atoms with Crippen molar-refractivity contribution in [2.24, 2.45) is 0 Å². The fourth-order valence-corrected chi connectivity index (χ4v) is 2.67. The highest BCUT2D eigenvalue weighted by atomic mass is 35.5. The van der Waals surface area contributed by atoms with Gasteiger partial charge in [0.05, 0.1) is 12.9 Å². The summed E-state index contributed by atoms with van der Waals surface area (Å²) in [5, 5.41) is 0.703. The van der Waals surface area contributed by atoms with E-state index in [9.17, 15) is 8.42 Å². The maximum atomic E-state index is 11.4. The molecular weight excluding hydrogens is 286 g/mol. The van der Waals surface area contributed by atoms with Crippen LogP contribution in [0.2, 0.25) is 5.02 Å². The molecule has 0 saturated heterocycles. The lowest BCUT2D eigenvalue weighted by atomic mass is 10.0. The third-order valence-electron chi connectivity index (χ3n) is 3.07. The van der Waals surface area contributed by atoms with Crippen molar-refractivity contribution in [3.63, 3.8) is 0 Å². The number of hydrogen-bond donors (Lipinski definition) is 1. The Morgan fingerprint density at radius 3 is 2.53 bits per heavy atom. The van der Waals surface area contributed by atoms with E-state index in [1.165, 1.54) is 0 Å². The summed E-state index contributed by atoms with van der Waals surface area (Å²) in [6.07, 6.45) is 0.550. The van der Waals surface area contributed by atoms with Crippen LogP contribution in [-0.4, -0.2) is 27.8 Å². The topological polar surface area (TPSA) is 55.4 Å². The molecule has 0 aliphatic carbocycles. The Hall–Kier alpha value is -0.780. The monoisotopic (exact) mass is 305 g/mol. The second kappa shape index (κ2) is 6.59. The van der Waals surface area contributed by atoms with Crippen molar-refractivity contribution in [3.8, 4) is 5.75 Å². The van der Waals surface area contributed by atoms with E-state index in [1.54, 1.807) is 14.0 Å². The number of ether oxygens (including phenoxy) is 1. The zero-order chi connectivity index (χ0) is 14.6. The fraction of sp³-hybridized carbons (Fsp3) is 0.538. The van der Waals surface area contributed by atoms with Gasteiger partial charge in [0.2, 0.25) is 10.0 Å². The van der Waals surface area contributed by atoms with Gasteiger partial charge in [-0.3, -0.25) is 0 Å². The van der Waals surface area contributed by atoms with Gasteiger partial charge in [-0.05, 0) is 49.9 Å².